The number of fused-ring (bicyclic) bond motifs is 1. The molecule has 1 amide bonds. The van der Waals surface area contributed by atoms with Crippen molar-refractivity contribution in [2.24, 2.45) is 5.73 Å². The second-order valence-corrected chi connectivity index (χ2v) is 4.21. The molecule has 3 N–H and O–H groups in total. The summed E-state index contributed by atoms with van der Waals surface area (Å²) in [4.78, 5) is 15.5. The molecule has 5 heteroatoms. The molecule has 0 saturated heterocycles. The zero-order valence-electron chi connectivity index (χ0n) is 7.46. The minimum absolute atomic E-state index is 0.154. The molecule has 0 bridgehead atoms. The molecule has 1 aliphatic rings. The van der Waals surface area contributed by atoms with Gasteiger partial charge in [0.25, 0.3) is 0 Å². The predicted molar refractivity (Wildman–Crippen MR) is 56.9 cm³/mol. The number of nitrogens with zero attached hydrogens (tertiary/aromatic N) is 1. The molecule has 0 fully saturated rings. The highest BCUT2D eigenvalue weighted by Crippen LogP contribution is 2.22. The number of halogens is 1. The third-order valence-corrected chi connectivity index (χ3v) is 2.67. The van der Waals surface area contributed by atoms with Crippen molar-refractivity contribution in [1.82, 2.24) is 4.98 Å². The molecule has 0 aromatic carbocycles. The number of amides is 1. The fraction of sp³-hybridized carbons (Fsp3) is 0.333. The number of nitrogens with one attached hydrogen (secondary N) is 1. The van der Waals surface area contributed by atoms with E-state index in [0.717, 1.165) is 16.5 Å². The first kappa shape index (κ1) is 9.61. The van der Waals surface area contributed by atoms with Gasteiger partial charge in [0.2, 0.25) is 5.91 Å². The topological polar surface area (TPSA) is 68.0 Å². The van der Waals surface area contributed by atoms with E-state index in [1.165, 1.54) is 0 Å². The normalized spacial score (nSPS) is 21.0. The second-order valence-electron chi connectivity index (χ2n) is 3.30. The fourth-order valence-corrected chi connectivity index (χ4v) is 1.81. The van der Waals surface area contributed by atoms with Crippen molar-refractivity contribution in [3.8, 4) is 0 Å². The molecule has 1 aromatic rings. The highest BCUT2D eigenvalue weighted by atomic mass is 79.9. The number of carbonyl (C=O) groups excluding carboxylic acids is 1. The minimum Gasteiger partial charge on any atom is -0.320 e. The van der Waals surface area contributed by atoms with Gasteiger partial charge in [0.05, 0.1) is 6.04 Å². The summed E-state index contributed by atoms with van der Waals surface area (Å²) in [5.41, 5.74) is 6.67. The average molecular weight is 256 g/mol. The van der Waals surface area contributed by atoms with Gasteiger partial charge in [0, 0.05) is 10.7 Å². The van der Waals surface area contributed by atoms with E-state index in [4.69, 9.17) is 5.73 Å². The summed E-state index contributed by atoms with van der Waals surface area (Å²) < 4.78 is 0.918. The van der Waals surface area contributed by atoms with Crippen LogP contribution in [0.15, 0.2) is 16.7 Å². The maximum absolute atomic E-state index is 11.4. The predicted octanol–water partition coefficient (Wildman–Crippen LogP) is 1.06. The highest BCUT2D eigenvalue weighted by Gasteiger charge is 2.20. The molecule has 0 radical (unpaired) electrons. The second kappa shape index (κ2) is 3.67. The molecule has 1 unspecified atom stereocenters. The third-order valence-electron chi connectivity index (χ3n) is 2.24. The standard InChI is InChI=1S/C9H10BrN3O/c10-6-3-5-1-2-7(11)9(14)13-8(5)12-4-6/h3-4,7H,1-2,11H2,(H,12,13,14). The Labute approximate surface area is 90.0 Å². The van der Waals surface area contributed by atoms with Gasteiger partial charge in [-0.25, -0.2) is 4.98 Å². The van der Waals surface area contributed by atoms with Crippen LogP contribution in [0.3, 0.4) is 0 Å². The van der Waals surface area contributed by atoms with E-state index in [2.05, 4.69) is 26.2 Å². The number of carbonyl (C=O) groups is 1. The van der Waals surface area contributed by atoms with Gasteiger partial charge >= 0.3 is 0 Å². The number of hydrogen-bond donors (Lipinski definition) is 2. The van der Waals surface area contributed by atoms with Gasteiger partial charge in [-0.15, -0.1) is 0 Å². The van der Waals surface area contributed by atoms with Gasteiger partial charge in [-0.2, -0.15) is 0 Å². The lowest BCUT2D eigenvalue weighted by atomic mass is 10.1. The van der Waals surface area contributed by atoms with Crippen LogP contribution < -0.4 is 11.1 Å². The molecule has 0 saturated carbocycles. The summed E-state index contributed by atoms with van der Waals surface area (Å²) >= 11 is 3.34. The molecule has 1 aromatic heterocycles. The minimum atomic E-state index is -0.428. The van der Waals surface area contributed by atoms with Gasteiger partial charge in [0.15, 0.2) is 0 Å². The van der Waals surface area contributed by atoms with E-state index in [0.29, 0.717) is 12.2 Å². The molecule has 0 spiro atoms. The monoisotopic (exact) mass is 255 g/mol. The number of rotatable bonds is 0. The fourth-order valence-electron chi connectivity index (χ4n) is 1.44. The highest BCUT2D eigenvalue weighted by molar-refractivity contribution is 9.10. The average Bonchev–Trinajstić information content (AvgIpc) is 2.29. The largest absolute Gasteiger partial charge is 0.320 e. The summed E-state index contributed by atoms with van der Waals surface area (Å²) in [6.07, 6.45) is 3.11. The molecule has 2 heterocycles. The van der Waals surface area contributed by atoms with Crippen molar-refractivity contribution >= 4 is 27.7 Å². The van der Waals surface area contributed by atoms with Gasteiger partial charge < -0.3 is 11.1 Å². The van der Waals surface area contributed by atoms with Crippen LogP contribution in [0.5, 0.6) is 0 Å². The van der Waals surface area contributed by atoms with Crippen LogP contribution in [0, 0.1) is 0 Å². The Morgan fingerprint density at radius 1 is 1.64 bits per heavy atom. The lowest BCUT2D eigenvalue weighted by Crippen LogP contribution is -2.34. The van der Waals surface area contributed by atoms with Crippen molar-refractivity contribution in [2.75, 3.05) is 5.32 Å². The molecule has 74 valence electrons. The Morgan fingerprint density at radius 2 is 2.43 bits per heavy atom. The van der Waals surface area contributed by atoms with Gasteiger partial charge in [0.1, 0.15) is 5.82 Å². The van der Waals surface area contributed by atoms with Gasteiger partial charge in [-0.3, -0.25) is 4.79 Å². The van der Waals surface area contributed by atoms with Crippen LogP contribution in [-0.2, 0) is 11.2 Å². The number of aryl methyl sites for hydroxylation is 1. The summed E-state index contributed by atoms with van der Waals surface area (Å²) in [5, 5.41) is 2.70. The van der Waals surface area contributed by atoms with Crippen LogP contribution in [0.4, 0.5) is 5.82 Å². The van der Waals surface area contributed by atoms with Crippen LogP contribution in [0.25, 0.3) is 0 Å². The maximum Gasteiger partial charge on any atom is 0.242 e. The molecular formula is C9H10BrN3O. The summed E-state index contributed by atoms with van der Waals surface area (Å²) in [6, 6.07) is 1.53. The van der Waals surface area contributed by atoms with Crippen LogP contribution in [0.1, 0.15) is 12.0 Å². The first-order valence-electron chi connectivity index (χ1n) is 4.37. The van der Waals surface area contributed by atoms with E-state index in [1.807, 2.05) is 6.07 Å². The van der Waals surface area contributed by atoms with Crippen LogP contribution in [-0.4, -0.2) is 16.9 Å². The van der Waals surface area contributed by atoms with E-state index in [-0.39, 0.29) is 5.91 Å². The zero-order chi connectivity index (χ0) is 10.1. The number of nitrogens with two attached hydrogens (primary N) is 1. The third kappa shape index (κ3) is 1.78. The molecule has 0 aliphatic carbocycles. The Hall–Kier alpha value is -0.940. The lowest BCUT2D eigenvalue weighted by molar-refractivity contribution is -0.117. The first-order chi connectivity index (χ1) is 6.66. The quantitative estimate of drug-likeness (QED) is 0.729. The SMILES string of the molecule is NC1CCc2cc(Br)cnc2NC1=O. The molecular weight excluding hydrogens is 246 g/mol. The number of pyridine rings is 1. The van der Waals surface area contributed by atoms with Crippen molar-refractivity contribution in [3.63, 3.8) is 0 Å². The van der Waals surface area contributed by atoms with Crippen LogP contribution >= 0.6 is 15.9 Å². The van der Waals surface area contributed by atoms with Gasteiger partial charge in [-0.1, -0.05) is 0 Å². The number of aromatic nitrogens is 1. The van der Waals surface area contributed by atoms with Gasteiger partial charge in [-0.05, 0) is 40.4 Å². The number of anilines is 1. The molecule has 4 nitrogen and oxygen atoms in total. The Kier molecular flexibility index (Phi) is 2.52. The van der Waals surface area contributed by atoms with Crippen LogP contribution in [0.2, 0.25) is 0 Å². The van der Waals surface area contributed by atoms with Crippen molar-refractivity contribution in [2.45, 2.75) is 18.9 Å². The summed E-state index contributed by atoms with van der Waals surface area (Å²) in [6.45, 7) is 0. The van der Waals surface area contributed by atoms with E-state index in [1.54, 1.807) is 6.20 Å². The van der Waals surface area contributed by atoms with E-state index < -0.39 is 6.04 Å². The zero-order valence-corrected chi connectivity index (χ0v) is 9.04. The Bertz CT molecular complexity index is 380. The Balaban J connectivity index is 2.37. The van der Waals surface area contributed by atoms with E-state index in [9.17, 15) is 4.79 Å². The smallest absolute Gasteiger partial charge is 0.242 e. The first-order valence-corrected chi connectivity index (χ1v) is 5.17. The number of hydrogen-bond acceptors (Lipinski definition) is 3. The summed E-state index contributed by atoms with van der Waals surface area (Å²) in [5.74, 6) is 0.477. The summed E-state index contributed by atoms with van der Waals surface area (Å²) in [7, 11) is 0. The lowest BCUT2D eigenvalue weighted by Gasteiger charge is -2.05. The van der Waals surface area contributed by atoms with E-state index >= 15 is 0 Å². The Morgan fingerprint density at radius 3 is 3.21 bits per heavy atom. The molecule has 14 heavy (non-hydrogen) atoms. The molecule has 1 aliphatic heterocycles. The van der Waals surface area contributed by atoms with Crippen molar-refractivity contribution in [3.05, 3.63) is 22.3 Å². The van der Waals surface area contributed by atoms with Crippen molar-refractivity contribution < 1.29 is 4.79 Å². The van der Waals surface area contributed by atoms with Crippen molar-refractivity contribution in [1.29, 1.82) is 0 Å². The molecule has 1 atom stereocenters. The maximum atomic E-state index is 11.4. The molecule has 2 rings (SSSR count).